The molecule has 0 aliphatic rings. The van der Waals surface area contributed by atoms with Crippen molar-refractivity contribution in [3.63, 3.8) is 0 Å². The van der Waals surface area contributed by atoms with Crippen molar-refractivity contribution in [2.24, 2.45) is 0 Å². The molecule has 0 atom stereocenters. The van der Waals surface area contributed by atoms with Gasteiger partial charge in [-0.05, 0) is 13.3 Å². The average molecular weight is 142 g/mol. The SMILES string of the molecule is C=C(NCCC)N(C)CC. The van der Waals surface area contributed by atoms with Crippen LogP contribution in [0.4, 0.5) is 0 Å². The fourth-order valence-corrected chi connectivity index (χ4v) is 0.595. The van der Waals surface area contributed by atoms with Gasteiger partial charge in [0.1, 0.15) is 0 Å². The lowest BCUT2D eigenvalue weighted by Gasteiger charge is -2.20. The van der Waals surface area contributed by atoms with Crippen LogP contribution in [0.3, 0.4) is 0 Å². The number of rotatable bonds is 5. The Kier molecular flexibility index (Phi) is 4.81. The topological polar surface area (TPSA) is 15.3 Å². The average Bonchev–Trinajstić information content (AvgIpc) is 1.98. The molecule has 0 radical (unpaired) electrons. The minimum Gasteiger partial charge on any atom is -0.372 e. The lowest BCUT2D eigenvalue weighted by molar-refractivity contribution is 0.406. The van der Waals surface area contributed by atoms with Crippen molar-refractivity contribution < 1.29 is 0 Å². The summed E-state index contributed by atoms with van der Waals surface area (Å²) in [5.41, 5.74) is 0. The van der Waals surface area contributed by atoms with Crippen molar-refractivity contribution >= 4 is 0 Å². The number of nitrogens with zero attached hydrogens (tertiary/aromatic N) is 1. The van der Waals surface area contributed by atoms with E-state index in [9.17, 15) is 0 Å². The van der Waals surface area contributed by atoms with E-state index >= 15 is 0 Å². The normalized spacial score (nSPS) is 9.10. The van der Waals surface area contributed by atoms with Crippen LogP contribution in [0.1, 0.15) is 20.3 Å². The van der Waals surface area contributed by atoms with E-state index in [1.54, 1.807) is 0 Å². The lowest BCUT2D eigenvalue weighted by Crippen LogP contribution is -2.27. The van der Waals surface area contributed by atoms with Gasteiger partial charge < -0.3 is 10.2 Å². The maximum absolute atomic E-state index is 3.88. The zero-order valence-corrected chi connectivity index (χ0v) is 7.28. The van der Waals surface area contributed by atoms with Gasteiger partial charge in [-0.1, -0.05) is 13.5 Å². The van der Waals surface area contributed by atoms with Gasteiger partial charge in [0, 0.05) is 20.1 Å². The zero-order chi connectivity index (χ0) is 7.98. The van der Waals surface area contributed by atoms with Gasteiger partial charge in [-0.3, -0.25) is 0 Å². The number of hydrogen-bond acceptors (Lipinski definition) is 2. The maximum Gasteiger partial charge on any atom is 0.0936 e. The largest absolute Gasteiger partial charge is 0.372 e. The van der Waals surface area contributed by atoms with Crippen molar-refractivity contribution in [3.8, 4) is 0 Å². The van der Waals surface area contributed by atoms with Crippen molar-refractivity contribution in [3.05, 3.63) is 12.4 Å². The summed E-state index contributed by atoms with van der Waals surface area (Å²) in [4.78, 5) is 2.09. The first-order valence-electron chi connectivity index (χ1n) is 3.86. The summed E-state index contributed by atoms with van der Waals surface area (Å²) in [5.74, 6) is 1.02. The molecule has 2 heteroatoms. The molecule has 0 saturated carbocycles. The predicted octanol–water partition coefficient (Wildman–Crippen LogP) is 1.41. The van der Waals surface area contributed by atoms with Gasteiger partial charge >= 0.3 is 0 Å². The van der Waals surface area contributed by atoms with E-state index in [4.69, 9.17) is 0 Å². The smallest absolute Gasteiger partial charge is 0.0936 e. The van der Waals surface area contributed by atoms with Crippen molar-refractivity contribution in [1.82, 2.24) is 10.2 Å². The standard InChI is InChI=1S/C8H18N2/c1-5-7-9-8(3)10(4)6-2/h9H,3,5-7H2,1-2,4H3. The summed E-state index contributed by atoms with van der Waals surface area (Å²) < 4.78 is 0. The summed E-state index contributed by atoms with van der Waals surface area (Å²) in [6.45, 7) is 10.2. The van der Waals surface area contributed by atoms with E-state index in [0.29, 0.717) is 0 Å². The Morgan fingerprint density at radius 3 is 2.50 bits per heavy atom. The van der Waals surface area contributed by atoms with E-state index in [2.05, 4.69) is 30.6 Å². The van der Waals surface area contributed by atoms with Gasteiger partial charge in [-0.25, -0.2) is 0 Å². The third-order valence-electron chi connectivity index (χ3n) is 1.51. The van der Waals surface area contributed by atoms with Gasteiger partial charge in [0.05, 0.1) is 5.82 Å². The Labute approximate surface area is 63.9 Å². The second-order valence-corrected chi connectivity index (χ2v) is 2.39. The summed E-state index contributed by atoms with van der Waals surface area (Å²) in [6.07, 6.45) is 1.15. The summed E-state index contributed by atoms with van der Waals surface area (Å²) in [7, 11) is 2.03. The van der Waals surface area contributed by atoms with Gasteiger partial charge in [0.2, 0.25) is 0 Å². The number of hydrogen-bond donors (Lipinski definition) is 1. The van der Waals surface area contributed by atoms with Crippen LogP contribution in [-0.4, -0.2) is 25.0 Å². The molecule has 0 unspecified atom stereocenters. The van der Waals surface area contributed by atoms with Crippen molar-refractivity contribution in [2.75, 3.05) is 20.1 Å². The first kappa shape index (κ1) is 9.34. The molecule has 1 N–H and O–H groups in total. The molecule has 0 rings (SSSR count). The molecule has 0 fully saturated rings. The van der Waals surface area contributed by atoms with E-state index in [1.165, 1.54) is 0 Å². The molecule has 0 aromatic heterocycles. The van der Waals surface area contributed by atoms with Crippen LogP contribution in [0.2, 0.25) is 0 Å². The quantitative estimate of drug-likeness (QED) is 0.624. The highest BCUT2D eigenvalue weighted by atomic mass is 15.2. The number of nitrogens with one attached hydrogen (secondary N) is 1. The molecule has 0 amide bonds. The molecule has 60 valence electrons. The monoisotopic (exact) mass is 142 g/mol. The Bertz CT molecular complexity index is 99.4. The molecule has 0 saturated heterocycles. The van der Waals surface area contributed by atoms with Crippen LogP contribution in [0.15, 0.2) is 12.4 Å². The predicted molar refractivity (Wildman–Crippen MR) is 45.7 cm³/mol. The maximum atomic E-state index is 3.88. The molecule has 0 bridgehead atoms. The second-order valence-electron chi connectivity index (χ2n) is 2.39. The highest BCUT2D eigenvalue weighted by Crippen LogP contribution is 1.91. The summed E-state index contributed by atoms with van der Waals surface area (Å²) >= 11 is 0. The van der Waals surface area contributed by atoms with Gasteiger partial charge in [-0.2, -0.15) is 0 Å². The molecule has 0 heterocycles. The fraction of sp³-hybridized carbons (Fsp3) is 0.750. The van der Waals surface area contributed by atoms with Crippen LogP contribution in [0, 0.1) is 0 Å². The van der Waals surface area contributed by atoms with Crippen LogP contribution in [0.25, 0.3) is 0 Å². The molecule has 10 heavy (non-hydrogen) atoms. The van der Waals surface area contributed by atoms with E-state index in [0.717, 1.165) is 25.3 Å². The molecule has 0 aliphatic heterocycles. The molecular formula is C8H18N2. The van der Waals surface area contributed by atoms with Crippen molar-refractivity contribution in [1.29, 1.82) is 0 Å². The second kappa shape index (κ2) is 5.15. The van der Waals surface area contributed by atoms with Crippen molar-refractivity contribution in [2.45, 2.75) is 20.3 Å². The van der Waals surface area contributed by atoms with Crippen LogP contribution in [-0.2, 0) is 0 Å². The fourth-order valence-electron chi connectivity index (χ4n) is 0.595. The third kappa shape index (κ3) is 3.38. The highest BCUT2D eigenvalue weighted by Gasteiger charge is 1.94. The minimum absolute atomic E-state index is 1.01. The van der Waals surface area contributed by atoms with E-state index in [-0.39, 0.29) is 0 Å². The van der Waals surface area contributed by atoms with E-state index in [1.807, 2.05) is 7.05 Å². The van der Waals surface area contributed by atoms with Crippen LogP contribution < -0.4 is 5.32 Å². The Hall–Kier alpha value is -0.660. The molecular weight excluding hydrogens is 124 g/mol. The third-order valence-corrected chi connectivity index (χ3v) is 1.51. The molecule has 0 spiro atoms. The lowest BCUT2D eigenvalue weighted by atomic mass is 10.5. The van der Waals surface area contributed by atoms with Crippen LogP contribution in [0.5, 0.6) is 0 Å². The minimum atomic E-state index is 1.01. The zero-order valence-electron chi connectivity index (χ0n) is 7.28. The summed E-state index contributed by atoms with van der Waals surface area (Å²) in [6, 6.07) is 0. The molecule has 0 aromatic carbocycles. The first-order valence-corrected chi connectivity index (χ1v) is 3.86. The Morgan fingerprint density at radius 1 is 1.50 bits per heavy atom. The molecule has 2 nitrogen and oxygen atoms in total. The van der Waals surface area contributed by atoms with Gasteiger partial charge in [0.15, 0.2) is 0 Å². The molecule has 0 aromatic rings. The van der Waals surface area contributed by atoms with Gasteiger partial charge in [0.25, 0.3) is 0 Å². The first-order chi connectivity index (χ1) is 4.72. The Morgan fingerprint density at radius 2 is 2.10 bits per heavy atom. The van der Waals surface area contributed by atoms with Gasteiger partial charge in [-0.15, -0.1) is 0 Å². The summed E-state index contributed by atoms with van der Waals surface area (Å²) in [5, 5.41) is 3.21. The van der Waals surface area contributed by atoms with Crippen LogP contribution >= 0.6 is 0 Å². The van der Waals surface area contributed by atoms with E-state index < -0.39 is 0 Å². The molecule has 0 aliphatic carbocycles. The Balaban J connectivity index is 3.42. The highest BCUT2D eigenvalue weighted by molar-refractivity contribution is 4.87.